The van der Waals surface area contributed by atoms with Crippen LogP contribution in [0.1, 0.15) is 30.1 Å². The van der Waals surface area contributed by atoms with Gasteiger partial charge in [0.1, 0.15) is 13.2 Å². The summed E-state index contributed by atoms with van der Waals surface area (Å²) >= 11 is 0. The molecule has 0 saturated carbocycles. The highest BCUT2D eigenvalue weighted by molar-refractivity contribution is 5.89. The number of rotatable bonds is 39. The summed E-state index contributed by atoms with van der Waals surface area (Å²) in [6.07, 6.45) is 1.22. The van der Waals surface area contributed by atoms with E-state index in [1.54, 1.807) is 24.3 Å². The first kappa shape index (κ1) is 45.7. The Bertz CT molecular complexity index is 862. The standard InChI is InChI=1S/C35H60O15/c1-2-6-34(36)49-31-29-47-27-25-45-23-21-43-19-17-41-15-13-39-11-9-38-10-12-40-14-16-42-18-20-44-22-24-46-26-28-48-30-32-50-35(37)33-7-4-3-5-8-33/h3-5,7-8H,2,6,9-32H2,1H3. The fraction of sp³-hybridized carbons (Fsp3) is 0.771. The summed E-state index contributed by atoms with van der Waals surface area (Å²) in [5, 5.41) is 0. The highest BCUT2D eigenvalue weighted by Gasteiger charge is 2.05. The van der Waals surface area contributed by atoms with Crippen LogP contribution in [0.4, 0.5) is 0 Å². The van der Waals surface area contributed by atoms with Crippen molar-refractivity contribution in [1.82, 2.24) is 0 Å². The molecule has 0 aliphatic rings. The maximum absolute atomic E-state index is 11.8. The quantitative estimate of drug-likeness (QED) is 0.0722. The third kappa shape index (κ3) is 32.9. The van der Waals surface area contributed by atoms with E-state index in [1.165, 1.54) is 0 Å². The van der Waals surface area contributed by atoms with Crippen LogP contribution in [0.2, 0.25) is 0 Å². The van der Waals surface area contributed by atoms with Crippen LogP contribution in [0.15, 0.2) is 30.3 Å². The second-order valence-electron chi connectivity index (χ2n) is 10.2. The Balaban J connectivity index is 1.63. The number of hydrogen-bond acceptors (Lipinski definition) is 15. The smallest absolute Gasteiger partial charge is 0.338 e. The summed E-state index contributed by atoms with van der Waals surface area (Å²) in [6.45, 7) is 12.5. The number of hydrogen-bond donors (Lipinski definition) is 0. The molecule has 0 atom stereocenters. The van der Waals surface area contributed by atoms with Gasteiger partial charge in [-0.05, 0) is 18.6 Å². The van der Waals surface area contributed by atoms with Gasteiger partial charge in [-0.1, -0.05) is 25.1 Å². The summed E-state index contributed by atoms with van der Waals surface area (Å²) in [5.41, 5.74) is 0.522. The molecule has 15 heteroatoms. The Kier molecular flexibility index (Phi) is 34.7. The molecule has 1 rings (SSSR count). The molecule has 0 fully saturated rings. The van der Waals surface area contributed by atoms with Crippen molar-refractivity contribution < 1.29 is 71.2 Å². The van der Waals surface area contributed by atoms with E-state index in [-0.39, 0.29) is 25.2 Å². The van der Waals surface area contributed by atoms with Crippen molar-refractivity contribution in [3.63, 3.8) is 0 Å². The molecule has 0 bridgehead atoms. The lowest BCUT2D eigenvalue weighted by Crippen LogP contribution is -2.16. The number of ether oxygens (including phenoxy) is 13. The number of benzene rings is 1. The molecule has 290 valence electrons. The third-order valence-corrected chi connectivity index (χ3v) is 6.14. The van der Waals surface area contributed by atoms with Gasteiger partial charge in [0.25, 0.3) is 0 Å². The molecule has 0 aromatic heterocycles. The lowest BCUT2D eigenvalue weighted by molar-refractivity contribution is -0.145. The predicted octanol–water partition coefficient (Wildman–Crippen LogP) is 2.37. The lowest BCUT2D eigenvalue weighted by Gasteiger charge is -2.09. The van der Waals surface area contributed by atoms with Gasteiger partial charge in [0.15, 0.2) is 0 Å². The predicted molar refractivity (Wildman–Crippen MR) is 182 cm³/mol. The van der Waals surface area contributed by atoms with Crippen molar-refractivity contribution in [3.8, 4) is 0 Å². The van der Waals surface area contributed by atoms with Crippen LogP contribution in [0, 0.1) is 0 Å². The van der Waals surface area contributed by atoms with Crippen molar-refractivity contribution >= 4 is 11.9 Å². The Morgan fingerprint density at radius 1 is 0.380 bits per heavy atom. The molecule has 1 aromatic rings. The summed E-state index contributed by atoms with van der Waals surface area (Å²) in [4.78, 5) is 23.0. The van der Waals surface area contributed by atoms with Gasteiger partial charge in [-0.3, -0.25) is 4.79 Å². The Morgan fingerprint density at radius 2 is 0.640 bits per heavy atom. The van der Waals surface area contributed by atoms with Gasteiger partial charge in [0, 0.05) is 6.42 Å². The first-order valence-corrected chi connectivity index (χ1v) is 17.5. The largest absolute Gasteiger partial charge is 0.463 e. The Hall–Kier alpha value is -2.28. The average Bonchev–Trinajstić information content (AvgIpc) is 3.13. The van der Waals surface area contributed by atoms with Crippen LogP contribution < -0.4 is 0 Å². The molecule has 0 unspecified atom stereocenters. The second kappa shape index (κ2) is 38.0. The minimum atomic E-state index is -0.360. The zero-order valence-electron chi connectivity index (χ0n) is 29.9. The number of esters is 2. The molecule has 0 aliphatic carbocycles. The second-order valence-corrected chi connectivity index (χ2v) is 10.2. The zero-order valence-corrected chi connectivity index (χ0v) is 29.9. The van der Waals surface area contributed by atoms with Crippen molar-refractivity contribution in [3.05, 3.63) is 35.9 Å². The Morgan fingerprint density at radius 3 is 0.920 bits per heavy atom. The summed E-state index contributed by atoms with van der Waals surface area (Å²) < 4.78 is 70.0. The van der Waals surface area contributed by atoms with E-state index in [1.807, 2.05) is 13.0 Å². The first-order valence-electron chi connectivity index (χ1n) is 17.5. The first-order chi connectivity index (χ1) is 24.7. The van der Waals surface area contributed by atoms with Crippen LogP contribution >= 0.6 is 0 Å². The molecule has 0 amide bonds. The van der Waals surface area contributed by atoms with Crippen LogP contribution in [-0.4, -0.2) is 171 Å². The van der Waals surface area contributed by atoms with Crippen molar-refractivity contribution in [2.24, 2.45) is 0 Å². The van der Waals surface area contributed by atoms with Crippen LogP contribution in [-0.2, 0) is 66.4 Å². The highest BCUT2D eigenvalue weighted by atomic mass is 16.6. The molecule has 50 heavy (non-hydrogen) atoms. The van der Waals surface area contributed by atoms with Gasteiger partial charge in [-0.2, -0.15) is 0 Å². The number of carbonyl (C=O) groups excluding carboxylic acids is 2. The van der Waals surface area contributed by atoms with Gasteiger partial charge < -0.3 is 61.6 Å². The summed E-state index contributed by atoms with van der Waals surface area (Å²) in [6, 6.07) is 8.84. The maximum atomic E-state index is 11.8. The normalized spacial score (nSPS) is 11.2. The highest BCUT2D eigenvalue weighted by Crippen LogP contribution is 2.00. The van der Waals surface area contributed by atoms with E-state index < -0.39 is 0 Å². The van der Waals surface area contributed by atoms with E-state index in [2.05, 4.69) is 0 Å². The van der Waals surface area contributed by atoms with Gasteiger partial charge >= 0.3 is 11.9 Å². The van der Waals surface area contributed by atoms with Crippen LogP contribution in [0.3, 0.4) is 0 Å². The third-order valence-electron chi connectivity index (χ3n) is 6.14. The molecular formula is C35H60O15. The minimum Gasteiger partial charge on any atom is -0.463 e. The average molecular weight is 721 g/mol. The van der Waals surface area contributed by atoms with Gasteiger partial charge in [-0.25, -0.2) is 4.79 Å². The molecule has 0 N–H and O–H groups in total. The summed E-state index contributed by atoms with van der Waals surface area (Å²) in [5.74, 6) is -0.552. The van der Waals surface area contributed by atoms with E-state index in [4.69, 9.17) is 61.6 Å². The lowest BCUT2D eigenvalue weighted by atomic mass is 10.2. The number of carbonyl (C=O) groups is 2. The van der Waals surface area contributed by atoms with E-state index >= 15 is 0 Å². The van der Waals surface area contributed by atoms with Crippen molar-refractivity contribution in [2.45, 2.75) is 19.8 Å². The van der Waals surface area contributed by atoms with Crippen LogP contribution in [0.25, 0.3) is 0 Å². The Labute approximate surface area is 297 Å². The molecular weight excluding hydrogens is 660 g/mol. The van der Waals surface area contributed by atoms with Crippen LogP contribution in [0.5, 0.6) is 0 Å². The summed E-state index contributed by atoms with van der Waals surface area (Å²) in [7, 11) is 0. The van der Waals surface area contributed by atoms with E-state index in [0.717, 1.165) is 6.42 Å². The van der Waals surface area contributed by atoms with E-state index in [0.29, 0.717) is 157 Å². The fourth-order valence-corrected chi connectivity index (χ4v) is 3.64. The van der Waals surface area contributed by atoms with Gasteiger partial charge in [-0.15, -0.1) is 0 Å². The molecule has 15 nitrogen and oxygen atoms in total. The van der Waals surface area contributed by atoms with Crippen molar-refractivity contribution in [2.75, 3.05) is 159 Å². The molecule has 1 aromatic carbocycles. The molecule has 0 heterocycles. The monoisotopic (exact) mass is 720 g/mol. The van der Waals surface area contributed by atoms with E-state index in [9.17, 15) is 9.59 Å². The molecule has 0 radical (unpaired) electrons. The molecule has 0 spiro atoms. The molecule has 0 aliphatic heterocycles. The maximum Gasteiger partial charge on any atom is 0.338 e. The SMILES string of the molecule is CCCC(=O)OCCOCCOCCOCCOCCOCCOCCOCCOCCOCCOCCOCCOC(=O)c1ccccc1. The zero-order chi connectivity index (χ0) is 35.8. The van der Waals surface area contributed by atoms with Crippen molar-refractivity contribution in [1.29, 1.82) is 0 Å². The van der Waals surface area contributed by atoms with Gasteiger partial charge in [0.2, 0.25) is 0 Å². The van der Waals surface area contributed by atoms with Gasteiger partial charge in [0.05, 0.1) is 151 Å². The topological polar surface area (TPSA) is 154 Å². The minimum absolute atomic E-state index is 0.192. The molecule has 0 saturated heterocycles. The fourth-order valence-electron chi connectivity index (χ4n) is 3.64.